The Kier molecular flexibility index (Phi) is 11.2. The number of carbonyl (C=O) groups excluding carboxylic acids is 4. The Balaban J connectivity index is 1.53. The first-order valence-corrected chi connectivity index (χ1v) is 17.3. The van der Waals surface area contributed by atoms with Gasteiger partial charge in [0.1, 0.15) is 17.7 Å². The molecule has 3 aliphatic heterocycles. The average Bonchev–Trinajstić information content (AvgIpc) is 3.68. The molecule has 3 amide bonds. The summed E-state index contributed by atoms with van der Waals surface area (Å²) >= 11 is 3.71. The van der Waals surface area contributed by atoms with E-state index in [4.69, 9.17) is 9.47 Å². The molecule has 2 aromatic rings. The zero-order valence-electron chi connectivity index (χ0n) is 27.4. The third-order valence-electron chi connectivity index (χ3n) is 9.65. The summed E-state index contributed by atoms with van der Waals surface area (Å²) in [7, 11) is 0. The maximum absolute atomic E-state index is 14.8. The molecule has 0 aliphatic carbocycles. The molecule has 0 radical (unpaired) electrons. The number of amides is 3. The lowest BCUT2D eigenvalue weighted by molar-refractivity contribution is -0.161. The van der Waals surface area contributed by atoms with Gasteiger partial charge in [0, 0.05) is 23.8 Å². The second-order valence-electron chi connectivity index (χ2n) is 12.9. The first kappa shape index (κ1) is 35.5. The van der Waals surface area contributed by atoms with Gasteiger partial charge in [0.05, 0.1) is 37.1 Å². The summed E-state index contributed by atoms with van der Waals surface area (Å²) in [5.74, 6) is -3.72. The van der Waals surface area contributed by atoms with Crippen LogP contribution in [0.3, 0.4) is 0 Å². The number of likely N-dealkylation sites (tertiary alicyclic amines) is 1. The van der Waals surface area contributed by atoms with Crippen LogP contribution in [0.1, 0.15) is 56.4 Å². The van der Waals surface area contributed by atoms with Crippen molar-refractivity contribution < 1.29 is 33.8 Å². The minimum absolute atomic E-state index is 0.0319. The van der Waals surface area contributed by atoms with Crippen molar-refractivity contribution in [2.75, 3.05) is 19.7 Å². The predicted molar refractivity (Wildman–Crippen MR) is 184 cm³/mol. The smallest absolute Gasteiger partial charge is 0.313 e. The highest BCUT2D eigenvalue weighted by molar-refractivity contribution is 9.09. The van der Waals surface area contributed by atoms with Crippen molar-refractivity contribution in [3.63, 3.8) is 0 Å². The van der Waals surface area contributed by atoms with Gasteiger partial charge in [-0.3, -0.25) is 19.2 Å². The Morgan fingerprint density at radius 1 is 1.10 bits per heavy atom. The summed E-state index contributed by atoms with van der Waals surface area (Å²) in [6.45, 7) is 11.1. The maximum atomic E-state index is 14.8. The minimum atomic E-state index is -1.35. The van der Waals surface area contributed by atoms with Crippen LogP contribution in [0.2, 0.25) is 0 Å². The van der Waals surface area contributed by atoms with Crippen LogP contribution in [0.4, 0.5) is 0 Å². The molecule has 10 nitrogen and oxygen atoms in total. The van der Waals surface area contributed by atoms with Crippen molar-refractivity contribution in [2.24, 2.45) is 11.8 Å². The van der Waals surface area contributed by atoms with Crippen molar-refractivity contribution in [1.29, 1.82) is 0 Å². The molecule has 256 valence electrons. The van der Waals surface area contributed by atoms with E-state index in [-0.39, 0.29) is 42.2 Å². The number of carbonyl (C=O) groups is 4. The first-order chi connectivity index (χ1) is 23.1. The summed E-state index contributed by atoms with van der Waals surface area (Å²) in [6, 6.07) is 15.9. The van der Waals surface area contributed by atoms with Gasteiger partial charge in [-0.15, -0.1) is 13.2 Å². The molecule has 2 bridgehead atoms. The number of esters is 1. The van der Waals surface area contributed by atoms with E-state index in [1.54, 1.807) is 29.2 Å². The van der Waals surface area contributed by atoms with Crippen molar-refractivity contribution in [2.45, 2.75) is 73.9 Å². The summed E-state index contributed by atoms with van der Waals surface area (Å²) in [5, 5.41) is 13.6. The largest absolute Gasteiger partial charge is 0.455 e. The van der Waals surface area contributed by atoms with Gasteiger partial charge in [0.25, 0.3) is 0 Å². The van der Waals surface area contributed by atoms with Crippen LogP contribution < -0.4 is 5.32 Å². The Morgan fingerprint density at radius 2 is 1.75 bits per heavy atom. The third kappa shape index (κ3) is 6.60. The predicted octanol–water partition coefficient (Wildman–Crippen LogP) is 4.26. The number of fused-ring (bicyclic) bond motifs is 1. The molecule has 48 heavy (non-hydrogen) atoms. The second kappa shape index (κ2) is 15.2. The number of ether oxygens (including phenoxy) is 2. The van der Waals surface area contributed by atoms with Crippen LogP contribution in [0.15, 0.2) is 86.0 Å². The molecule has 3 heterocycles. The molecular formula is C37H44BrN3O7. The van der Waals surface area contributed by atoms with Crippen molar-refractivity contribution in [3.05, 3.63) is 97.1 Å². The van der Waals surface area contributed by atoms with E-state index in [9.17, 15) is 24.3 Å². The molecule has 3 saturated heterocycles. The van der Waals surface area contributed by atoms with Gasteiger partial charge in [0.15, 0.2) is 0 Å². The normalized spacial score (nSPS) is 26.9. The highest BCUT2D eigenvalue weighted by atomic mass is 79.9. The Hall–Kier alpha value is -3.80. The number of nitrogens with zero attached hydrogens (tertiary/aromatic N) is 2. The first-order valence-electron chi connectivity index (χ1n) is 16.4. The van der Waals surface area contributed by atoms with Crippen LogP contribution in [0, 0.1) is 11.8 Å². The van der Waals surface area contributed by atoms with Gasteiger partial charge >= 0.3 is 5.97 Å². The van der Waals surface area contributed by atoms with E-state index < -0.39 is 60.2 Å². The molecule has 1 spiro atoms. The van der Waals surface area contributed by atoms with Gasteiger partial charge in [-0.05, 0) is 37.8 Å². The summed E-state index contributed by atoms with van der Waals surface area (Å²) in [5.41, 5.74) is -0.0189. The molecule has 2 aromatic carbocycles. The number of aliphatic hydroxyl groups is 1. The number of allylic oxidation sites excluding steroid dienone is 1. The molecule has 1 unspecified atom stereocenters. The fourth-order valence-corrected chi connectivity index (χ4v) is 8.42. The molecule has 0 saturated carbocycles. The minimum Gasteiger partial charge on any atom is -0.455 e. The lowest BCUT2D eigenvalue weighted by Crippen LogP contribution is -2.58. The highest BCUT2D eigenvalue weighted by Gasteiger charge is 2.77. The lowest BCUT2D eigenvalue weighted by Gasteiger charge is -2.40. The maximum Gasteiger partial charge on any atom is 0.313 e. The number of hydrogen-bond acceptors (Lipinski definition) is 7. The number of halogens is 1. The zero-order chi connectivity index (χ0) is 34.6. The SMILES string of the molecule is C=CCCC(=O)NC[C@@H](OC(=O)[C@@H]1[C@H]2O[C@@]3(CC2Br)[C@H](C(=O)N(CC=C)C(C)C)N([C@H](CO)c2ccccc2)C(=O)[C@@H]13)c1ccccc1. The number of benzene rings is 2. The van der Waals surface area contributed by atoms with E-state index in [1.807, 2.05) is 62.4 Å². The van der Waals surface area contributed by atoms with E-state index in [0.29, 0.717) is 24.0 Å². The Labute approximate surface area is 290 Å². The number of alkyl halides is 1. The molecule has 11 heteroatoms. The topological polar surface area (TPSA) is 125 Å². The third-order valence-corrected chi connectivity index (χ3v) is 10.5. The van der Waals surface area contributed by atoms with Crippen LogP contribution in [-0.4, -0.2) is 86.9 Å². The van der Waals surface area contributed by atoms with E-state index in [0.717, 1.165) is 0 Å². The van der Waals surface area contributed by atoms with Crippen LogP contribution >= 0.6 is 15.9 Å². The number of rotatable bonds is 15. The molecule has 0 aromatic heterocycles. The Bertz CT molecular complexity index is 1500. The zero-order valence-corrected chi connectivity index (χ0v) is 29.0. The van der Waals surface area contributed by atoms with Crippen molar-refractivity contribution in [3.8, 4) is 0 Å². The standard InChI is InChI=1S/C37H44BrN3O7/c1-5-7-18-29(43)39-21-28(25-16-12-9-13-17-25)47-36(46)30-31-34(44)41(27(22-42)24-14-10-8-11-15-24)33(35(45)40(19-6-2)23(3)4)37(31)20-26(38)32(30)48-37/h5-6,8-17,23,26-28,30-33,42H,1-2,7,18-22H2,3-4H3,(H,39,43)/t26?,27-,28-,30+,31-,32+,33+,37-/m1/s1. The number of hydrogen-bond donors (Lipinski definition) is 2. The summed E-state index contributed by atoms with van der Waals surface area (Å²) < 4.78 is 12.8. The number of aliphatic hydroxyl groups excluding tert-OH is 1. The van der Waals surface area contributed by atoms with Crippen molar-refractivity contribution >= 4 is 39.6 Å². The molecule has 3 aliphatic rings. The van der Waals surface area contributed by atoms with Crippen LogP contribution in [0.25, 0.3) is 0 Å². The summed E-state index contributed by atoms with van der Waals surface area (Å²) in [6.07, 6.45) is 2.79. The second-order valence-corrected chi connectivity index (χ2v) is 14.0. The molecule has 8 atom stereocenters. The van der Waals surface area contributed by atoms with Crippen LogP contribution in [0.5, 0.6) is 0 Å². The molecule has 5 rings (SSSR count). The quantitative estimate of drug-likeness (QED) is 0.160. The molecule has 2 N–H and O–H groups in total. The fourth-order valence-electron chi connectivity index (χ4n) is 7.47. The average molecular weight is 723 g/mol. The van der Waals surface area contributed by atoms with Crippen LogP contribution in [-0.2, 0) is 28.7 Å². The highest BCUT2D eigenvalue weighted by Crippen LogP contribution is 2.61. The van der Waals surface area contributed by atoms with Gasteiger partial charge in [-0.1, -0.05) is 88.7 Å². The number of nitrogens with one attached hydrogen (secondary N) is 1. The monoisotopic (exact) mass is 721 g/mol. The van der Waals surface area contributed by atoms with E-state index >= 15 is 0 Å². The van der Waals surface area contributed by atoms with Crippen molar-refractivity contribution in [1.82, 2.24) is 15.1 Å². The van der Waals surface area contributed by atoms with Gasteiger partial charge in [-0.2, -0.15) is 0 Å². The lowest BCUT2D eigenvalue weighted by atomic mass is 9.70. The van der Waals surface area contributed by atoms with Gasteiger partial charge < -0.3 is 29.7 Å². The van der Waals surface area contributed by atoms with E-state index in [1.165, 1.54) is 4.90 Å². The Morgan fingerprint density at radius 3 is 2.33 bits per heavy atom. The van der Waals surface area contributed by atoms with E-state index in [2.05, 4.69) is 34.4 Å². The van der Waals surface area contributed by atoms with Gasteiger partial charge in [0.2, 0.25) is 17.7 Å². The fraction of sp³-hybridized carbons (Fsp3) is 0.459. The molecular weight excluding hydrogens is 678 g/mol. The molecule has 3 fully saturated rings. The van der Waals surface area contributed by atoms with Gasteiger partial charge in [-0.25, -0.2) is 0 Å². The summed E-state index contributed by atoms with van der Waals surface area (Å²) in [4.78, 5) is 58.9.